The maximum atomic E-state index is 14.0. The summed E-state index contributed by atoms with van der Waals surface area (Å²) in [5, 5.41) is 3.59. The van der Waals surface area contributed by atoms with Gasteiger partial charge in [0, 0.05) is 31.1 Å². The minimum Gasteiger partial charge on any atom is -0.352 e. The number of halogens is 1. The van der Waals surface area contributed by atoms with Crippen molar-refractivity contribution in [2.45, 2.75) is 62.6 Å². The van der Waals surface area contributed by atoms with Gasteiger partial charge in [-0.3, -0.25) is 9.59 Å². The van der Waals surface area contributed by atoms with E-state index in [0.29, 0.717) is 11.4 Å². The Morgan fingerprint density at radius 2 is 1.57 bits per heavy atom. The number of carbonyl (C=O) groups excluding carboxylic acids is 2. The minimum absolute atomic E-state index is 0.0393. The molecule has 1 atom stereocenters. The number of nitrogens with zero attached hydrogens (tertiary/aromatic N) is 2. The van der Waals surface area contributed by atoms with Crippen LogP contribution in [-0.2, 0) is 32.6 Å². The number of rotatable bonds is 11. The number of carbonyl (C=O) groups is 2. The Labute approximate surface area is 242 Å². The van der Waals surface area contributed by atoms with E-state index in [4.69, 9.17) is 11.6 Å². The summed E-state index contributed by atoms with van der Waals surface area (Å²) >= 11 is 5.94. The SMILES string of the molecule is Cc1ccccc1CN(C(=O)CN(C)S(=O)(=O)c1ccc(Cl)cc1)[C@@H](Cc1ccccc1)C(=O)NC1CCCC1. The summed E-state index contributed by atoms with van der Waals surface area (Å²) in [7, 11) is -2.59. The summed E-state index contributed by atoms with van der Waals surface area (Å²) in [5.74, 6) is -0.674. The molecule has 2 amide bonds. The van der Waals surface area contributed by atoms with Crippen LogP contribution in [0, 0.1) is 6.92 Å². The lowest BCUT2D eigenvalue weighted by Gasteiger charge is -2.33. The van der Waals surface area contributed by atoms with Crippen molar-refractivity contribution in [1.82, 2.24) is 14.5 Å². The van der Waals surface area contributed by atoms with Crippen LogP contribution in [0.2, 0.25) is 5.02 Å². The first-order valence-corrected chi connectivity index (χ1v) is 15.4. The largest absolute Gasteiger partial charge is 0.352 e. The van der Waals surface area contributed by atoms with Crippen molar-refractivity contribution in [2.24, 2.45) is 0 Å². The van der Waals surface area contributed by atoms with E-state index in [1.165, 1.54) is 36.2 Å². The first kappa shape index (κ1) is 29.8. The van der Waals surface area contributed by atoms with E-state index in [-0.39, 0.29) is 23.4 Å². The molecular weight excluding hydrogens is 546 g/mol. The number of hydrogen-bond acceptors (Lipinski definition) is 4. The average Bonchev–Trinajstić information content (AvgIpc) is 3.45. The summed E-state index contributed by atoms with van der Waals surface area (Å²) < 4.78 is 27.6. The van der Waals surface area contributed by atoms with Crippen molar-refractivity contribution in [3.63, 3.8) is 0 Å². The fraction of sp³-hybridized carbons (Fsp3) is 0.355. The Balaban J connectivity index is 1.66. The highest BCUT2D eigenvalue weighted by atomic mass is 35.5. The third-order valence-electron chi connectivity index (χ3n) is 7.45. The number of hydrogen-bond donors (Lipinski definition) is 1. The molecular formula is C31H36ClN3O4S. The highest BCUT2D eigenvalue weighted by Gasteiger charge is 2.34. The second-order valence-electron chi connectivity index (χ2n) is 10.4. The maximum absolute atomic E-state index is 14.0. The van der Waals surface area contributed by atoms with E-state index in [2.05, 4.69) is 5.32 Å². The van der Waals surface area contributed by atoms with Gasteiger partial charge in [0.15, 0.2) is 0 Å². The molecule has 0 aliphatic heterocycles. The summed E-state index contributed by atoms with van der Waals surface area (Å²) in [4.78, 5) is 29.4. The molecule has 1 N–H and O–H groups in total. The number of aryl methyl sites for hydroxylation is 1. The number of likely N-dealkylation sites (N-methyl/N-ethyl adjacent to an activating group) is 1. The van der Waals surface area contributed by atoms with Gasteiger partial charge in [0.25, 0.3) is 0 Å². The molecule has 40 heavy (non-hydrogen) atoms. The van der Waals surface area contributed by atoms with Gasteiger partial charge in [0.1, 0.15) is 6.04 Å². The molecule has 1 saturated carbocycles. The summed E-state index contributed by atoms with van der Waals surface area (Å²) in [5.41, 5.74) is 2.79. The fourth-order valence-corrected chi connectivity index (χ4v) is 6.29. The van der Waals surface area contributed by atoms with Crippen LogP contribution in [0.3, 0.4) is 0 Å². The van der Waals surface area contributed by atoms with E-state index >= 15 is 0 Å². The normalized spacial score (nSPS) is 14.7. The lowest BCUT2D eigenvalue weighted by Crippen LogP contribution is -2.54. The van der Waals surface area contributed by atoms with Crippen LogP contribution >= 0.6 is 11.6 Å². The van der Waals surface area contributed by atoms with Crippen LogP contribution in [0.15, 0.2) is 83.8 Å². The van der Waals surface area contributed by atoms with Gasteiger partial charge < -0.3 is 10.2 Å². The third kappa shape index (κ3) is 7.50. The van der Waals surface area contributed by atoms with Crippen molar-refractivity contribution in [2.75, 3.05) is 13.6 Å². The third-order valence-corrected chi connectivity index (χ3v) is 9.52. The Hall–Kier alpha value is -3.20. The van der Waals surface area contributed by atoms with Gasteiger partial charge in [-0.2, -0.15) is 4.31 Å². The highest BCUT2D eigenvalue weighted by molar-refractivity contribution is 7.89. The maximum Gasteiger partial charge on any atom is 0.243 e. The Kier molecular flexibility index (Phi) is 10.0. The molecule has 212 valence electrons. The van der Waals surface area contributed by atoms with E-state index in [0.717, 1.165) is 46.7 Å². The first-order valence-electron chi connectivity index (χ1n) is 13.6. The molecule has 4 rings (SSSR count). The molecule has 0 bridgehead atoms. The zero-order chi connectivity index (χ0) is 28.7. The monoisotopic (exact) mass is 581 g/mol. The van der Waals surface area contributed by atoms with Gasteiger partial charge in [0.05, 0.1) is 11.4 Å². The quantitative estimate of drug-likeness (QED) is 0.346. The van der Waals surface area contributed by atoms with Crippen LogP contribution in [0.4, 0.5) is 0 Å². The average molecular weight is 582 g/mol. The van der Waals surface area contributed by atoms with E-state index in [9.17, 15) is 18.0 Å². The molecule has 0 aromatic heterocycles. The van der Waals surface area contributed by atoms with Gasteiger partial charge in [0.2, 0.25) is 21.8 Å². The smallest absolute Gasteiger partial charge is 0.243 e. The summed E-state index contributed by atoms with van der Waals surface area (Å²) in [6.07, 6.45) is 4.26. The van der Waals surface area contributed by atoms with Crippen LogP contribution < -0.4 is 5.32 Å². The van der Waals surface area contributed by atoms with Gasteiger partial charge in [-0.1, -0.05) is 79.0 Å². The van der Waals surface area contributed by atoms with Gasteiger partial charge in [-0.15, -0.1) is 0 Å². The summed E-state index contributed by atoms with van der Waals surface area (Å²) in [6, 6.07) is 22.4. The lowest BCUT2D eigenvalue weighted by molar-refractivity contribution is -0.141. The van der Waals surface area contributed by atoms with Crippen LogP contribution in [0.25, 0.3) is 0 Å². The van der Waals surface area contributed by atoms with Crippen molar-refractivity contribution in [1.29, 1.82) is 0 Å². The predicted octanol–water partition coefficient (Wildman–Crippen LogP) is 4.97. The van der Waals surface area contributed by atoms with Crippen molar-refractivity contribution in [3.8, 4) is 0 Å². The Morgan fingerprint density at radius 1 is 0.950 bits per heavy atom. The van der Waals surface area contributed by atoms with Crippen LogP contribution in [-0.4, -0.2) is 55.1 Å². The van der Waals surface area contributed by atoms with E-state index in [1.807, 2.05) is 61.5 Å². The molecule has 0 radical (unpaired) electrons. The molecule has 1 aliphatic rings. The molecule has 9 heteroatoms. The van der Waals surface area contributed by atoms with Gasteiger partial charge in [-0.05, 0) is 60.7 Å². The number of benzene rings is 3. The van der Waals surface area contributed by atoms with Crippen LogP contribution in [0.5, 0.6) is 0 Å². The lowest BCUT2D eigenvalue weighted by atomic mass is 10.0. The van der Waals surface area contributed by atoms with E-state index < -0.39 is 28.5 Å². The topological polar surface area (TPSA) is 86.8 Å². The van der Waals surface area contributed by atoms with Gasteiger partial charge in [-0.25, -0.2) is 8.42 Å². The fourth-order valence-electron chi connectivity index (χ4n) is 5.05. The molecule has 0 spiro atoms. The highest BCUT2D eigenvalue weighted by Crippen LogP contribution is 2.22. The Morgan fingerprint density at radius 3 is 2.23 bits per heavy atom. The molecule has 3 aromatic rings. The van der Waals surface area contributed by atoms with Crippen molar-refractivity contribution >= 4 is 33.4 Å². The number of sulfonamides is 1. The van der Waals surface area contributed by atoms with E-state index in [1.54, 1.807) is 0 Å². The minimum atomic E-state index is -3.96. The number of amides is 2. The van der Waals surface area contributed by atoms with Gasteiger partial charge >= 0.3 is 0 Å². The molecule has 0 unspecified atom stereocenters. The molecule has 3 aromatic carbocycles. The Bertz CT molecular complexity index is 1410. The molecule has 0 heterocycles. The first-order chi connectivity index (χ1) is 19.1. The molecule has 1 fully saturated rings. The van der Waals surface area contributed by atoms with Crippen molar-refractivity contribution in [3.05, 3.63) is 101 Å². The zero-order valence-electron chi connectivity index (χ0n) is 22.9. The zero-order valence-corrected chi connectivity index (χ0v) is 24.5. The van der Waals surface area contributed by atoms with Crippen LogP contribution in [0.1, 0.15) is 42.4 Å². The molecule has 0 saturated heterocycles. The predicted molar refractivity (Wildman–Crippen MR) is 157 cm³/mol. The second-order valence-corrected chi connectivity index (χ2v) is 12.8. The molecule has 7 nitrogen and oxygen atoms in total. The van der Waals surface area contributed by atoms with Crippen molar-refractivity contribution < 1.29 is 18.0 Å². The molecule has 1 aliphatic carbocycles. The number of nitrogens with one attached hydrogen (secondary N) is 1. The second kappa shape index (κ2) is 13.4. The summed E-state index contributed by atoms with van der Waals surface area (Å²) in [6.45, 7) is 1.72. The standard InChI is InChI=1S/C31H36ClN3O4S/c1-23-10-6-7-13-25(23)21-35(30(36)22-34(2)40(38,39)28-18-16-26(32)17-19-28)29(20-24-11-4-3-5-12-24)31(37)33-27-14-8-9-15-27/h3-7,10-13,16-19,27,29H,8-9,14-15,20-22H2,1-2H3,(H,33,37)/t29-/m0/s1.